The minimum absolute atomic E-state index is 0.170. The van der Waals surface area contributed by atoms with Crippen LogP contribution in [0.25, 0.3) is 0 Å². The molecule has 3 aromatic carbocycles. The van der Waals surface area contributed by atoms with Crippen molar-refractivity contribution < 1.29 is 27.4 Å². The van der Waals surface area contributed by atoms with E-state index in [0.29, 0.717) is 26.1 Å². The Balaban J connectivity index is 1.18. The van der Waals surface area contributed by atoms with Gasteiger partial charge in [0.2, 0.25) is 10.0 Å². The molecular weight excluding hydrogens is 478 g/mol. The molecule has 0 radical (unpaired) electrons. The largest absolute Gasteiger partial charge is 0.458 e. The van der Waals surface area contributed by atoms with Gasteiger partial charge in [0.05, 0.1) is 23.6 Å². The zero-order valence-electron chi connectivity index (χ0n) is 20.0. The molecule has 1 fully saturated rings. The highest BCUT2D eigenvalue weighted by Gasteiger charge is 2.48. The number of carbonyl (C=O) groups excluding carboxylic acids is 1. The molecule has 3 aromatic rings. The lowest BCUT2D eigenvalue weighted by molar-refractivity contribution is -0.151. The topological polar surface area (TPSA) is 94.2 Å². The highest BCUT2D eigenvalue weighted by atomic mass is 32.2. The van der Waals surface area contributed by atoms with Gasteiger partial charge in [0.25, 0.3) is 0 Å². The van der Waals surface area contributed by atoms with Crippen molar-refractivity contribution in [1.29, 1.82) is 0 Å². The average Bonchev–Trinajstić information content (AvgIpc) is 3.59. The minimum Gasteiger partial charge on any atom is -0.458 e. The molecule has 0 spiro atoms. The zero-order chi connectivity index (χ0) is 25.1. The van der Waals surface area contributed by atoms with E-state index in [-0.39, 0.29) is 11.0 Å². The van der Waals surface area contributed by atoms with Crippen LogP contribution in [0.2, 0.25) is 0 Å². The van der Waals surface area contributed by atoms with Crippen LogP contribution in [-0.4, -0.2) is 39.3 Å². The summed E-state index contributed by atoms with van der Waals surface area (Å²) in [5, 5.41) is 0. The summed E-state index contributed by atoms with van der Waals surface area (Å²) in [4.78, 5) is 13.0. The maximum atomic E-state index is 13.1. The summed E-state index contributed by atoms with van der Waals surface area (Å²) >= 11 is 0. The van der Waals surface area contributed by atoms with Gasteiger partial charge in [-0.1, -0.05) is 72.3 Å². The van der Waals surface area contributed by atoms with E-state index in [1.165, 1.54) is 0 Å². The summed E-state index contributed by atoms with van der Waals surface area (Å²) in [5.41, 5.74) is 3.82. The number of ether oxygens (including phenoxy) is 3. The summed E-state index contributed by atoms with van der Waals surface area (Å²) in [6.45, 7) is 2.87. The van der Waals surface area contributed by atoms with Crippen LogP contribution in [0.15, 0.2) is 83.8 Å². The molecule has 1 aliphatic carbocycles. The van der Waals surface area contributed by atoms with E-state index < -0.39 is 34.2 Å². The van der Waals surface area contributed by atoms with Crippen LogP contribution in [0.5, 0.6) is 0 Å². The summed E-state index contributed by atoms with van der Waals surface area (Å²) in [7, 11) is -3.81. The molecule has 5 rings (SSSR count). The first-order valence-corrected chi connectivity index (χ1v) is 13.5. The molecule has 1 N–H and O–H groups in total. The zero-order valence-corrected chi connectivity index (χ0v) is 20.8. The first-order valence-electron chi connectivity index (χ1n) is 12.0. The molecule has 8 heteroatoms. The third-order valence-corrected chi connectivity index (χ3v) is 7.99. The van der Waals surface area contributed by atoms with Crippen LogP contribution < -0.4 is 4.72 Å². The van der Waals surface area contributed by atoms with Gasteiger partial charge in [-0.05, 0) is 35.7 Å². The maximum Gasteiger partial charge on any atom is 0.338 e. The molecule has 4 atom stereocenters. The average molecular weight is 508 g/mol. The highest BCUT2D eigenvalue weighted by molar-refractivity contribution is 7.89. The van der Waals surface area contributed by atoms with Crippen LogP contribution in [0.4, 0.5) is 0 Å². The van der Waals surface area contributed by atoms with Crippen LogP contribution in [-0.2, 0) is 42.1 Å². The van der Waals surface area contributed by atoms with Gasteiger partial charge in [-0.25, -0.2) is 13.2 Å². The normalized spacial score (nSPS) is 22.7. The van der Waals surface area contributed by atoms with E-state index in [1.54, 1.807) is 24.3 Å². The van der Waals surface area contributed by atoms with Crippen LogP contribution in [0.3, 0.4) is 0 Å². The number of fused-ring (bicyclic) bond motifs is 1. The smallest absolute Gasteiger partial charge is 0.338 e. The quantitative estimate of drug-likeness (QED) is 0.254. The molecule has 0 saturated carbocycles. The number of sulfonamides is 1. The van der Waals surface area contributed by atoms with Gasteiger partial charge >= 0.3 is 5.97 Å². The Labute approximate surface area is 211 Å². The number of rotatable bonds is 10. The Hall–Kier alpha value is -3.04. The first kappa shape index (κ1) is 24.6. The van der Waals surface area contributed by atoms with Crippen LogP contribution in [0, 0.1) is 6.92 Å². The molecule has 7 nitrogen and oxygen atoms in total. The van der Waals surface area contributed by atoms with E-state index in [9.17, 15) is 13.2 Å². The molecule has 1 aliphatic heterocycles. The van der Waals surface area contributed by atoms with E-state index in [2.05, 4.69) is 4.72 Å². The Morgan fingerprint density at radius 3 is 2.50 bits per heavy atom. The molecule has 0 bridgehead atoms. The lowest BCUT2D eigenvalue weighted by atomic mass is 10.1. The van der Waals surface area contributed by atoms with Gasteiger partial charge in [0, 0.05) is 19.4 Å². The molecule has 2 aliphatic rings. The lowest BCUT2D eigenvalue weighted by Crippen LogP contribution is -2.37. The number of epoxide rings is 1. The fraction of sp³-hybridized carbons (Fsp3) is 0.321. The van der Waals surface area contributed by atoms with Crippen molar-refractivity contribution in [2.24, 2.45) is 0 Å². The Bertz CT molecular complexity index is 1310. The van der Waals surface area contributed by atoms with Gasteiger partial charge in [0.1, 0.15) is 6.10 Å². The Morgan fingerprint density at radius 1 is 1.00 bits per heavy atom. The van der Waals surface area contributed by atoms with Crippen molar-refractivity contribution in [3.63, 3.8) is 0 Å². The molecular formula is C28H29NO6S. The monoisotopic (exact) mass is 507 g/mol. The Kier molecular flexibility index (Phi) is 7.20. The molecule has 0 amide bonds. The second-order valence-electron chi connectivity index (χ2n) is 9.21. The predicted octanol–water partition coefficient (Wildman–Crippen LogP) is 3.86. The van der Waals surface area contributed by atoms with Crippen molar-refractivity contribution in [3.05, 3.63) is 101 Å². The van der Waals surface area contributed by atoms with Gasteiger partial charge in [-0.2, -0.15) is 4.72 Å². The second kappa shape index (κ2) is 10.5. The fourth-order valence-corrected chi connectivity index (χ4v) is 5.75. The number of hydrogen-bond acceptors (Lipinski definition) is 6. The van der Waals surface area contributed by atoms with Crippen LogP contribution in [0.1, 0.15) is 34.7 Å². The van der Waals surface area contributed by atoms with Gasteiger partial charge in [-0.15, -0.1) is 0 Å². The highest BCUT2D eigenvalue weighted by Crippen LogP contribution is 2.36. The molecule has 36 heavy (non-hydrogen) atoms. The van der Waals surface area contributed by atoms with Crippen molar-refractivity contribution in [2.45, 2.75) is 55.6 Å². The van der Waals surface area contributed by atoms with E-state index in [1.807, 2.05) is 61.5 Å². The van der Waals surface area contributed by atoms with E-state index in [4.69, 9.17) is 14.2 Å². The van der Waals surface area contributed by atoms with Crippen molar-refractivity contribution in [3.8, 4) is 0 Å². The van der Waals surface area contributed by atoms with E-state index in [0.717, 1.165) is 22.3 Å². The molecule has 1 saturated heterocycles. The number of carbonyl (C=O) groups is 1. The third-order valence-electron chi connectivity index (χ3n) is 6.54. The minimum atomic E-state index is -3.81. The van der Waals surface area contributed by atoms with Gasteiger partial charge in [-0.3, -0.25) is 0 Å². The number of benzene rings is 3. The molecule has 1 heterocycles. The SMILES string of the molecule is Cc1ccc(S(=O)(=O)N[C@@H]2c3ccccc3C[C@@H]2OC(=O)[C@H]2O[C@H]2CCOCc2ccccc2)cc1. The van der Waals surface area contributed by atoms with Crippen LogP contribution >= 0.6 is 0 Å². The van der Waals surface area contributed by atoms with Crippen molar-refractivity contribution >= 4 is 16.0 Å². The first-order chi connectivity index (χ1) is 17.4. The number of hydrogen-bond donors (Lipinski definition) is 1. The lowest BCUT2D eigenvalue weighted by Gasteiger charge is -2.22. The summed E-state index contributed by atoms with van der Waals surface area (Å²) in [6.07, 6.45) is -0.542. The summed E-state index contributed by atoms with van der Waals surface area (Å²) < 4.78 is 46.0. The number of aryl methyl sites for hydroxylation is 1. The Morgan fingerprint density at radius 2 is 1.72 bits per heavy atom. The summed E-state index contributed by atoms with van der Waals surface area (Å²) in [6, 6.07) is 23.4. The maximum absolute atomic E-state index is 13.1. The summed E-state index contributed by atoms with van der Waals surface area (Å²) in [5.74, 6) is -0.472. The van der Waals surface area contributed by atoms with Crippen molar-refractivity contribution in [2.75, 3.05) is 6.61 Å². The number of esters is 1. The van der Waals surface area contributed by atoms with E-state index >= 15 is 0 Å². The van der Waals surface area contributed by atoms with Gasteiger partial charge in [0.15, 0.2) is 6.10 Å². The molecule has 0 aromatic heterocycles. The third kappa shape index (κ3) is 5.68. The molecule has 188 valence electrons. The van der Waals surface area contributed by atoms with Gasteiger partial charge < -0.3 is 14.2 Å². The second-order valence-corrected chi connectivity index (χ2v) is 10.9. The standard InChI is InChI=1S/C28H29NO6S/c1-19-11-13-22(14-12-19)36(31,32)29-26-23-10-6-5-9-21(23)17-25(26)35-28(30)27-24(34-27)15-16-33-18-20-7-3-2-4-8-20/h2-14,24-27,29H,15-18H2,1H3/t24-,25-,26+,27-/m0/s1. The predicted molar refractivity (Wildman–Crippen MR) is 134 cm³/mol. The number of nitrogens with one attached hydrogen (secondary N) is 1. The van der Waals surface area contributed by atoms with Crippen molar-refractivity contribution in [1.82, 2.24) is 4.72 Å². The molecule has 0 unspecified atom stereocenters. The fourth-order valence-electron chi connectivity index (χ4n) is 4.51.